The van der Waals surface area contributed by atoms with E-state index in [-0.39, 0.29) is 5.91 Å². The van der Waals surface area contributed by atoms with Crippen molar-refractivity contribution in [2.24, 2.45) is 5.92 Å². The second kappa shape index (κ2) is 6.74. The van der Waals surface area contributed by atoms with Crippen molar-refractivity contribution in [2.45, 2.75) is 20.8 Å². The van der Waals surface area contributed by atoms with Crippen LogP contribution in [0.25, 0.3) is 0 Å². The monoisotopic (exact) mass is 298 g/mol. The molecule has 5 nitrogen and oxygen atoms in total. The van der Waals surface area contributed by atoms with E-state index < -0.39 is 10.0 Å². The Morgan fingerprint density at radius 2 is 2.00 bits per heavy atom. The van der Waals surface area contributed by atoms with Crippen LogP contribution >= 0.6 is 0 Å². The van der Waals surface area contributed by atoms with E-state index in [9.17, 15) is 13.2 Å². The fourth-order valence-corrected chi connectivity index (χ4v) is 2.46. The van der Waals surface area contributed by atoms with E-state index in [0.717, 1.165) is 6.26 Å². The molecule has 0 radical (unpaired) electrons. The van der Waals surface area contributed by atoms with Gasteiger partial charge in [0.1, 0.15) is 0 Å². The zero-order valence-electron chi connectivity index (χ0n) is 12.4. The van der Waals surface area contributed by atoms with Crippen LogP contribution in [0.15, 0.2) is 24.3 Å². The summed E-state index contributed by atoms with van der Waals surface area (Å²) in [5, 5.41) is 0. The average Bonchev–Trinajstić information content (AvgIpc) is 2.33. The quantitative estimate of drug-likeness (QED) is 0.875. The van der Waals surface area contributed by atoms with Gasteiger partial charge < -0.3 is 4.90 Å². The molecule has 1 amide bonds. The number of sulfonamides is 1. The summed E-state index contributed by atoms with van der Waals surface area (Å²) in [6.07, 6.45) is 1.08. The molecule has 0 unspecified atom stereocenters. The van der Waals surface area contributed by atoms with Gasteiger partial charge in [-0.15, -0.1) is 0 Å². The Morgan fingerprint density at radius 3 is 2.50 bits per heavy atom. The topological polar surface area (TPSA) is 66.5 Å². The van der Waals surface area contributed by atoms with Gasteiger partial charge in [0.05, 0.1) is 6.26 Å². The SMILES string of the molecule is CCN(CC(C)C)C(=O)c1cccc(NS(C)(=O)=O)c1. The van der Waals surface area contributed by atoms with Crippen LogP contribution < -0.4 is 4.72 Å². The Bertz CT molecular complexity index is 568. The summed E-state index contributed by atoms with van der Waals surface area (Å²) in [5.41, 5.74) is 0.889. The van der Waals surface area contributed by atoms with Gasteiger partial charge in [0, 0.05) is 24.3 Å². The van der Waals surface area contributed by atoms with Crippen LogP contribution in [0.3, 0.4) is 0 Å². The van der Waals surface area contributed by atoms with Gasteiger partial charge in [-0.05, 0) is 31.0 Å². The zero-order valence-corrected chi connectivity index (χ0v) is 13.2. The highest BCUT2D eigenvalue weighted by Gasteiger charge is 2.16. The van der Waals surface area contributed by atoms with Crippen molar-refractivity contribution in [1.29, 1.82) is 0 Å². The largest absolute Gasteiger partial charge is 0.339 e. The number of carbonyl (C=O) groups is 1. The predicted octanol–water partition coefficient (Wildman–Crippen LogP) is 2.18. The first-order chi connectivity index (χ1) is 9.23. The van der Waals surface area contributed by atoms with Crippen molar-refractivity contribution in [1.82, 2.24) is 4.90 Å². The molecule has 0 aromatic heterocycles. The third kappa shape index (κ3) is 5.21. The molecule has 0 spiro atoms. The van der Waals surface area contributed by atoms with Gasteiger partial charge in [0.15, 0.2) is 0 Å². The summed E-state index contributed by atoms with van der Waals surface area (Å²) in [6.45, 7) is 7.34. The predicted molar refractivity (Wildman–Crippen MR) is 81.3 cm³/mol. The first-order valence-corrected chi connectivity index (χ1v) is 8.49. The smallest absolute Gasteiger partial charge is 0.253 e. The van der Waals surface area contributed by atoms with Crippen LogP contribution in [0.2, 0.25) is 0 Å². The lowest BCUT2D eigenvalue weighted by molar-refractivity contribution is 0.0746. The minimum atomic E-state index is -3.34. The Balaban J connectivity index is 2.95. The van der Waals surface area contributed by atoms with Gasteiger partial charge in [0.2, 0.25) is 10.0 Å². The minimum Gasteiger partial charge on any atom is -0.339 e. The van der Waals surface area contributed by atoms with E-state index >= 15 is 0 Å². The Labute approximate surface area is 121 Å². The third-order valence-corrected chi connectivity index (χ3v) is 3.27. The molecule has 1 rings (SSSR count). The van der Waals surface area contributed by atoms with Crippen LogP contribution in [0.4, 0.5) is 5.69 Å². The highest BCUT2D eigenvalue weighted by atomic mass is 32.2. The zero-order chi connectivity index (χ0) is 15.3. The van der Waals surface area contributed by atoms with E-state index in [1.54, 1.807) is 29.2 Å². The Kier molecular flexibility index (Phi) is 5.56. The van der Waals surface area contributed by atoms with Crippen molar-refractivity contribution < 1.29 is 13.2 Å². The summed E-state index contributed by atoms with van der Waals surface area (Å²) in [4.78, 5) is 14.1. The number of anilines is 1. The van der Waals surface area contributed by atoms with Crippen LogP contribution in [-0.4, -0.2) is 38.6 Å². The van der Waals surface area contributed by atoms with Crippen molar-refractivity contribution in [3.8, 4) is 0 Å². The lowest BCUT2D eigenvalue weighted by atomic mass is 10.1. The van der Waals surface area contributed by atoms with Gasteiger partial charge in [-0.25, -0.2) is 8.42 Å². The van der Waals surface area contributed by atoms with E-state index in [0.29, 0.717) is 30.3 Å². The number of nitrogens with one attached hydrogen (secondary N) is 1. The molecule has 1 aromatic carbocycles. The van der Waals surface area contributed by atoms with E-state index in [1.807, 2.05) is 6.92 Å². The molecule has 0 aliphatic carbocycles. The summed E-state index contributed by atoms with van der Waals surface area (Å²) >= 11 is 0. The standard InChI is InChI=1S/C14H22N2O3S/c1-5-16(10-11(2)3)14(17)12-7-6-8-13(9-12)15-20(4,18)19/h6-9,11,15H,5,10H2,1-4H3. The number of nitrogens with zero attached hydrogens (tertiary/aromatic N) is 1. The molecule has 0 atom stereocenters. The lowest BCUT2D eigenvalue weighted by Crippen LogP contribution is -2.34. The summed E-state index contributed by atoms with van der Waals surface area (Å²) in [5.74, 6) is 0.301. The van der Waals surface area contributed by atoms with Crippen molar-refractivity contribution in [2.75, 3.05) is 24.1 Å². The second-order valence-electron chi connectivity index (χ2n) is 5.19. The van der Waals surface area contributed by atoms with Gasteiger partial charge >= 0.3 is 0 Å². The molecule has 0 saturated carbocycles. The van der Waals surface area contributed by atoms with Crippen LogP contribution in [0, 0.1) is 5.92 Å². The molecular formula is C14H22N2O3S. The molecule has 0 aliphatic rings. The first-order valence-electron chi connectivity index (χ1n) is 6.60. The van der Waals surface area contributed by atoms with Gasteiger partial charge in [-0.1, -0.05) is 19.9 Å². The Morgan fingerprint density at radius 1 is 1.35 bits per heavy atom. The maximum atomic E-state index is 12.4. The molecule has 0 heterocycles. The fraction of sp³-hybridized carbons (Fsp3) is 0.500. The van der Waals surface area contributed by atoms with Gasteiger partial charge in [-0.2, -0.15) is 0 Å². The average molecular weight is 298 g/mol. The minimum absolute atomic E-state index is 0.0849. The van der Waals surface area contributed by atoms with Crippen LogP contribution in [-0.2, 0) is 10.0 Å². The van der Waals surface area contributed by atoms with Crippen molar-refractivity contribution >= 4 is 21.6 Å². The molecule has 1 aromatic rings. The molecule has 6 heteroatoms. The first kappa shape index (κ1) is 16.5. The van der Waals surface area contributed by atoms with E-state index in [1.165, 1.54) is 0 Å². The van der Waals surface area contributed by atoms with Crippen molar-refractivity contribution in [3.05, 3.63) is 29.8 Å². The highest BCUT2D eigenvalue weighted by molar-refractivity contribution is 7.92. The fourth-order valence-electron chi connectivity index (χ4n) is 1.91. The molecule has 20 heavy (non-hydrogen) atoms. The molecule has 1 N–H and O–H groups in total. The maximum Gasteiger partial charge on any atom is 0.253 e. The van der Waals surface area contributed by atoms with Crippen molar-refractivity contribution in [3.63, 3.8) is 0 Å². The molecular weight excluding hydrogens is 276 g/mol. The molecule has 0 fully saturated rings. The normalized spacial score (nSPS) is 11.4. The third-order valence-electron chi connectivity index (χ3n) is 2.67. The number of amides is 1. The molecule has 0 saturated heterocycles. The molecule has 0 aliphatic heterocycles. The second-order valence-corrected chi connectivity index (χ2v) is 6.94. The summed E-state index contributed by atoms with van der Waals surface area (Å²) in [7, 11) is -3.34. The van der Waals surface area contributed by atoms with Crippen LogP contribution in [0.1, 0.15) is 31.1 Å². The molecule has 0 bridgehead atoms. The van der Waals surface area contributed by atoms with E-state index in [4.69, 9.17) is 0 Å². The summed E-state index contributed by atoms with van der Waals surface area (Å²) in [6, 6.07) is 6.55. The number of rotatable bonds is 6. The lowest BCUT2D eigenvalue weighted by Gasteiger charge is -2.23. The number of benzene rings is 1. The van der Waals surface area contributed by atoms with Gasteiger partial charge in [0.25, 0.3) is 5.91 Å². The number of hydrogen-bond acceptors (Lipinski definition) is 3. The summed E-state index contributed by atoms with van der Waals surface area (Å²) < 4.78 is 24.8. The van der Waals surface area contributed by atoms with E-state index in [2.05, 4.69) is 18.6 Å². The molecule has 112 valence electrons. The highest BCUT2D eigenvalue weighted by Crippen LogP contribution is 2.14. The van der Waals surface area contributed by atoms with Crippen LogP contribution in [0.5, 0.6) is 0 Å². The Hall–Kier alpha value is -1.56. The van der Waals surface area contributed by atoms with Gasteiger partial charge in [-0.3, -0.25) is 9.52 Å². The number of carbonyl (C=O) groups excluding carboxylic acids is 1. The maximum absolute atomic E-state index is 12.4. The number of hydrogen-bond donors (Lipinski definition) is 1.